The molecule has 6 nitrogen and oxygen atoms in total. The molecule has 112 valence electrons. The first kappa shape index (κ1) is 14.5. The highest BCUT2D eigenvalue weighted by Gasteiger charge is 2.11. The van der Waals surface area contributed by atoms with Crippen LogP contribution in [-0.4, -0.2) is 27.6 Å². The van der Waals surface area contributed by atoms with E-state index in [0.29, 0.717) is 12.4 Å². The molecule has 0 aliphatic heterocycles. The Kier molecular flexibility index (Phi) is 4.06. The Morgan fingerprint density at radius 1 is 1.36 bits per heavy atom. The van der Waals surface area contributed by atoms with Crippen molar-refractivity contribution in [2.75, 3.05) is 7.11 Å². The molecule has 0 unspecified atom stereocenters. The average molecular weight is 362 g/mol. The lowest BCUT2D eigenvalue weighted by Crippen LogP contribution is -2.01. The predicted molar refractivity (Wildman–Crippen MR) is 82.3 cm³/mol. The minimum Gasteiger partial charge on any atom is -0.464 e. The van der Waals surface area contributed by atoms with Gasteiger partial charge in [0.25, 0.3) is 0 Å². The quantitative estimate of drug-likeness (QED) is 0.667. The molecule has 0 aliphatic rings. The molecule has 0 amide bonds. The number of halogens is 1. The number of esters is 1. The topological polar surface area (TPSA) is 70.2 Å². The summed E-state index contributed by atoms with van der Waals surface area (Å²) in [7, 11) is 1.32. The van der Waals surface area contributed by atoms with Gasteiger partial charge in [-0.25, -0.2) is 14.8 Å². The van der Waals surface area contributed by atoms with Gasteiger partial charge in [-0.1, -0.05) is 15.9 Å². The third kappa shape index (κ3) is 3.09. The zero-order chi connectivity index (χ0) is 15.5. The molecule has 3 aromatic rings. The molecule has 0 radical (unpaired) electrons. The van der Waals surface area contributed by atoms with E-state index in [-0.39, 0.29) is 5.69 Å². The summed E-state index contributed by atoms with van der Waals surface area (Å²) in [6, 6.07) is 7.70. The van der Waals surface area contributed by atoms with Crippen molar-refractivity contribution in [1.82, 2.24) is 14.5 Å². The molecule has 0 saturated carbocycles. The van der Waals surface area contributed by atoms with Crippen LogP contribution in [0.4, 0.5) is 0 Å². The molecular formula is C15H12BrN3O3. The molecule has 2 aromatic heterocycles. The number of methoxy groups -OCH3 is 1. The van der Waals surface area contributed by atoms with Crippen molar-refractivity contribution >= 4 is 21.9 Å². The summed E-state index contributed by atoms with van der Waals surface area (Å²) in [5.41, 5.74) is 1.90. The van der Waals surface area contributed by atoms with Gasteiger partial charge in [-0.3, -0.25) is 0 Å². The largest absolute Gasteiger partial charge is 0.464 e. The van der Waals surface area contributed by atoms with Crippen LogP contribution < -0.4 is 0 Å². The first-order chi connectivity index (χ1) is 10.7. The molecule has 0 atom stereocenters. The summed E-state index contributed by atoms with van der Waals surface area (Å²) >= 11 is 3.39. The second kappa shape index (κ2) is 6.15. The van der Waals surface area contributed by atoms with Crippen molar-refractivity contribution < 1.29 is 13.9 Å². The fourth-order valence-electron chi connectivity index (χ4n) is 1.95. The molecule has 0 bridgehead atoms. The number of ether oxygens (including phenoxy) is 1. The number of hydrogen-bond acceptors (Lipinski definition) is 5. The van der Waals surface area contributed by atoms with Crippen LogP contribution in [0.15, 0.2) is 51.9 Å². The van der Waals surface area contributed by atoms with Crippen molar-refractivity contribution in [3.63, 3.8) is 0 Å². The minimum atomic E-state index is -0.463. The van der Waals surface area contributed by atoms with E-state index in [1.807, 2.05) is 24.3 Å². The Hall–Kier alpha value is -2.41. The zero-order valence-corrected chi connectivity index (χ0v) is 13.3. The van der Waals surface area contributed by atoms with Crippen molar-refractivity contribution in [2.45, 2.75) is 6.54 Å². The lowest BCUT2D eigenvalue weighted by Gasteiger charge is -1.97. The fourth-order valence-corrected chi connectivity index (χ4v) is 2.21. The molecule has 0 aliphatic carbocycles. The number of imidazole rings is 1. The molecule has 22 heavy (non-hydrogen) atoms. The van der Waals surface area contributed by atoms with Gasteiger partial charge in [0.15, 0.2) is 5.69 Å². The Morgan fingerprint density at radius 2 is 2.14 bits per heavy atom. The first-order valence-electron chi connectivity index (χ1n) is 6.46. The summed E-state index contributed by atoms with van der Waals surface area (Å²) in [6.07, 6.45) is 4.76. The highest BCUT2D eigenvalue weighted by Crippen LogP contribution is 2.21. The lowest BCUT2D eigenvalue weighted by molar-refractivity contribution is 0.0594. The number of hydrogen-bond donors (Lipinski definition) is 0. The van der Waals surface area contributed by atoms with Crippen LogP contribution in [0.1, 0.15) is 16.2 Å². The van der Waals surface area contributed by atoms with E-state index >= 15 is 0 Å². The molecule has 2 heterocycles. The van der Waals surface area contributed by atoms with E-state index in [1.54, 1.807) is 23.4 Å². The van der Waals surface area contributed by atoms with E-state index in [1.165, 1.54) is 7.11 Å². The Bertz CT molecular complexity index is 792. The minimum absolute atomic E-state index is 0.263. The molecule has 7 heteroatoms. The molecule has 1 aromatic carbocycles. The van der Waals surface area contributed by atoms with Crippen molar-refractivity contribution in [3.8, 4) is 11.5 Å². The number of carbonyl (C=O) groups is 1. The van der Waals surface area contributed by atoms with Crippen LogP contribution in [0.5, 0.6) is 0 Å². The second-order valence-electron chi connectivity index (χ2n) is 4.57. The van der Waals surface area contributed by atoms with Crippen LogP contribution in [0.3, 0.4) is 0 Å². The lowest BCUT2D eigenvalue weighted by atomic mass is 10.2. The highest BCUT2D eigenvalue weighted by atomic mass is 79.9. The molecule has 0 saturated heterocycles. The predicted octanol–water partition coefficient (Wildman–Crippen LogP) is 3.14. The van der Waals surface area contributed by atoms with Crippen LogP contribution in [-0.2, 0) is 11.3 Å². The molecule has 0 spiro atoms. The summed E-state index contributed by atoms with van der Waals surface area (Å²) < 4.78 is 12.8. The summed E-state index contributed by atoms with van der Waals surface area (Å²) in [6.45, 7) is 0.462. The summed E-state index contributed by atoms with van der Waals surface area (Å²) in [5.74, 6) is 0.0882. The maximum atomic E-state index is 11.4. The molecule has 0 N–H and O–H groups in total. The number of aromatic nitrogens is 3. The van der Waals surface area contributed by atoms with Crippen molar-refractivity contribution in [1.29, 1.82) is 0 Å². The SMILES string of the molecule is COC(=O)c1cn(Cc2coc(-c3ccc(Br)cc3)n2)cn1. The Labute approximate surface area is 134 Å². The Balaban J connectivity index is 1.75. The smallest absolute Gasteiger partial charge is 0.358 e. The number of carbonyl (C=O) groups excluding carboxylic acids is 1. The number of oxazole rings is 1. The van der Waals surface area contributed by atoms with E-state index in [0.717, 1.165) is 15.7 Å². The number of nitrogens with zero attached hydrogens (tertiary/aromatic N) is 3. The zero-order valence-electron chi connectivity index (χ0n) is 11.7. The van der Waals surface area contributed by atoms with Crippen LogP contribution in [0.2, 0.25) is 0 Å². The maximum Gasteiger partial charge on any atom is 0.358 e. The van der Waals surface area contributed by atoms with Gasteiger partial charge in [-0.15, -0.1) is 0 Å². The van der Waals surface area contributed by atoms with Gasteiger partial charge in [-0.05, 0) is 24.3 Å². The van der Waals surface area contributed by atoms with Crippen molar-refractivity contribution in [3.05, 3.63) is 58.9 Å². The van der Waals surface area contributed by atoms with Gasteiger partial charge in [0.2, 0.25) is 5.89 Å². The van der Waals surface area contributed by atoms with Crippen molar-refractivity contribution in [2.24, 2.45) is 0 Å². The van der Waals surface area contributed by atoms with Gasteiger partial charge in [0, 0.05) is 16.2 Å². The summed E-state index contributed by atoms with van der Waals surface area (Å²) in [5, 5.41) is 0. The molecular weight excluding hydrogens is 350 g/mol. The first-order valence-corrected chi connectivity index (χ1v) is 7.25. The van der Waals surface area contributed by atoms with E-state index < -0.39 is 5.97 Å². The van der Waals surface area contributed by atoms with E-state index in [9.17, 15) is 4.79 Å². The summed E-state index contributed by atoms with van der Waals surface area (Å²) in [4.78, 5) is 19.8. The van der Waals surface area contributed by atoms with Gasteiger partial charge >= 0.3 is 5.97 Å². The molecule has 3 rings (SSSR count). The van der Waals surface area contributed by atoms with E-state index in [2.05, 4.69) is 30.6 Å². The molecule has 0 fully saturated rings. The van der Waals surface area contributed by atoms with Gasteiger partial charge < -0.3 is 13.7 Å². The standard InChI is InChI=1S/C15H12BrN3O3/c1-21-15(20)13-7-19(9-17-13)6-12-8-22-14(18-12)10-2-4-11(16)5-3-10/h2-5,7-9H,6H2,1H3. The second-order valence-corrected chi connectivity index (χ2v) is 5.49. The van der Waals surface area contributed by atoms with E-state index in [4.69, 9.17) is 4.42 Å². The monoisotopic (exact) mass is 361 g/mol. The normalized spacial score (nSPS) is 10.6. The average Bonchev–Trinajstić information content (AvgIpc) is 3.17. The third-order valence-corrected chi connectivity index (χ3v) is 3.54. The number of rotatable bonds is 4. The van der Waals surface area contributed by atoms with Crippen LogP contribution in [0, 0.1) is 0 Å². The van der Waals surface area contributed by atoms with Crippen LogP contribution in [0.25, 0.3) is 11.5 Å². The fraction of sp³-hybridized carbons (Fsp3) is 0.133. The van der Waals surface area contributed by atoms with Gasteiger partial charge in [-0.2, -0.15) is 0 Å². The highest BCUT2D eigenvalue weighted by molar-refractivity contribution is 9.10. The Morgan fingerprint density at radius 3 is 2.86 bits per heavy atom. The maximum absolute atomic E-state index is 11.4. The van der Waals surface area contributed by atoms with Gasteiger partial charge in [0.1, 0.15) is 6.26 Å². The number of benzene rings is 1. The third-order valence-electron chi connectivity index (χ3n) is 3.02. The van der Waals surface area contributed by atoms with Crippen LogP contribution >= 0.6 is 15.9 Å². The van der Waals surface area contributed by atoms with Gasteiger partial charge in [0.05, 0.1) is 25.7 Å².